The van der Waals surface area contributed by atoms with Crippen LogP contribution in [0.4, 0.5) is 0 Å². The van der Waals surface area contributed by atoms with Gasteiger partial charge in [0, 0.05) is 6.04 Å². The van der Waals surface area contributed by atoms with Crippen LogP contribution in [0.25, 0.3) is 0 Å². The Kier molecular flexibility index (Phi) is 4.29. The Morgan fingerprint density at radius 1 is 1.36 bits per heavy atom. The number of nitrogens with zero attached hydrogens (tertiary/aromatic N) is 3. The molecule has 2 aromatic rings. The smallest absolute Gasteiger partial charge is 0.231 e. The minimum Gasteiger partial charge on any atom is -0.454 e. The van der Waals surface area contributed by atoms with E-state index in [2.05, 4.69) is 20.1 Å². The summed E-state index contributed by atoms with van der Waals surface area (Å²) in [6.45, 7) is 4.16. The molecule has 25 heavy (non-hydrogen) atoms. The van der Waals surface area contributed by atoms with Crippen molar-refractivity contribution in [3.8, 4) is 11.5 Å². The molecule has 1 saturated carbocycles. The van der Waals surface area contributed by atoms with Gasteiger partial charge in [0.05, 0.1) is 11.8 Å². The maximum absolute atomic E-state index is 12.3. The topological polar surface area (TPSA) is 78.3 Å². The number of rotatable bonds is 6. The van der Waals surface area contributed by atoms with E-state index < -0.39 is 0 Å². The molecule has 1 aliphatic carbocycles. The predicted octanol–water partition coefficient (Wildman–Crippen LogP) is 2.62. The molecular formula is C17H20N4O3S. The average Bonchev–Trinajstić information content (AvgIpc) is 3.19. The highest BCUT2D eigenvalue weighted by Crippen LogP contribution is 2.38. The summed E-state index contributed by atoms with van der Waals surface area (Å²) in [6, 6.07) is 6.13. The first kappa shape index (κ1) is 16.3. The Morgan fingerprint density at radius 3 is 2.96 bits per heavy atom. The van der Waals surface area contributed by atoms with Crippen LogP contribution in [0.1, 0.15) is 43.2 Å². The predicted molar refractivity (Wildman–Crippen MR) is 92.9 cm³/mol. The highest BCUT2D eigenvalue weighted by Gasteiger charge is 2.28. The number of aromatic nitrogens is 3. The van der Waals surface area contributed by atoms with Crippen LogP contribution >= 0.6 is 11.8 Å². The average molecular weight is 360 g/mol. The number of thioether (sulfide) groups is 1. The van der Waals surface area contributed by atoms with Crippen LogP contribution in [0.15, 0.2) is 23.4 Å². The van der Waals surface area contributed by atoms with E-state index in [4.69, 9.17) is 9.47 Å². The minimum absolute atomic E-state index is 0.0295. The van der Waals surface area contributed by atoms with Gasteiger partial charge in [0.25, 0.3) is 0 Å². The van der Waals surface area contributed by atoms with Gasteiger partial charge in [-0.25, -0.2) is 0 Å². The molecule has 8 heteroatoms. The molecule has 4 rings (SSSR count). The summed E-state index contributed by atoms with van der Waals surface area (Å²) in [6.07, 6.45) is 2.33. The number of nitrogens with one attached hydrogen (secondary N) is 1. The van der Waals surface area contributed by atoms with Gasteiger partial charge in [-0.3, -0.25) is 4.79 Å². The van der Waals surface area contributed by atoms with Gasteiger partial charge in [-0.15, -0.1) is 10.2 Å². The highest BCUT2D eigenvalue weighted by molar-refractivity contribution is 7.99. The maximum Gasteiger partial charge on any atom is 0.231 e. The zero-order chi connectivity index (χ0) is 17.4. The molecule has 1 aromatic heterocycles. The summed E-state index contributed by atoms with van der Waals surface area (Å²) < 4.78 is 12.8. The Labute approximate surface area is 150 Å². The van der Waals surface area contributed by atoms with E-state index in [1.165, 1.54) is 24.6 Å². The number of fused-ring (bicyclic) bond motifs is 1. The molecule has 2 heterocycles. The number of amides is 1. The lowest BCUT2D eigenvalue weighted by Crippen LogP contribution is -2.28. The van der Waals surface area contributed by atoms with Crippen molar-refractivity contribution in [3.63, 3.8) is 0 Å². The van der Waals surface area contributed by atoms with Crippen LogP contribution in [0.3, 0.4) is 0 Å². The monoisotopic (exact) mass is 360 g/mol. The van der Waals surface area contributed by atoms with Gasteiger partial charge < -0.3 is 19.4 Å². The molecule has 0 spiro atoms. The van der Waals surface area contributed by atoms with Gasteiger partial charge in [0.2, 0.25) is 12.7 Å². The Balaban J connectivity index is 1.34. The molecule has 1 atom stereocenters. The van der Waals surface area contributed by atoms with Crippen molar-refractivity contribution in [2.24, 2.45) is 0 Å². The quantitative estimate of drug-likeness (QED) is 0.798. The third kappa shape index (κ3) is 3.44. The number of hydrogen-bond donors (Lipinski definition) is 1. The lowest BCUT2D eigenvalue weighted by atomic mass is 10.1. The van der Waals surface area contributed by atoms with Gasteiger partial charge in [0.15, 0.2) is 16.7 Å². The molecule has 1 N–H and O–H groups in total. The first-order chi connectivity index (χ1) is 12.1. The summed E-state index contributed by atoms with van der Waals surface area (Å²) in [5.41, 5.74) is 0.986. The van der Waals surface area contributed by atoms with Crippen LogP contribution < -0.4 is 14.8 Å². The SMILES string of the molecule is Cc1nnc(SCC(=O)NC(C)c2ccc3c(c2)OCO3)n1C1CC1. The summed E-state index contributed by atoms with van der Waals surface area (Å²) in [4.78, 5) is 12.3. The summed E-state index contributed by atoms with van der Waals surface area (Å²) >= 11 is 1.43. The number of carbonyl (C=O) groups excluding carboxylic acids is 1. The number of hydrogen-bond acceptors (Lipinski definition) is 6. The molecule has 1 fully saturated rings. The van der Waals surface area contributed by atoms with E-state index in [0.29, 0.717) is 11.8 Å². The molecule has 1 unspecified atom stereocenters. The Morgan fingerprint density at radius 2 is 2.16 bits per heavy atom. The fourth-order valence-corrected chi connectivity index (χ4v) is 3.74. The van der Waals surface area contributed by atoms with Crippen molar-refractivity contribution >= 4 is 17.7 Å². The van der Waals surface area contributed by atoms with E-state index in [1.54, 1.807) is 0 Å². The van der Waals surface area contributed by atoms with Crippen LogP contribution in [0.2, 0.25) is 0 Å². The van der Waals surface area contributed by atoms with E-state index in [-0.39, 0.29) is 18.7 Å². The maximum atomic E-state index is 12.3. The van der Waals surface area contributed by atoms with E-state index >= 15 is 0 Å². The summed E-state index contributed by atoms with van der Waals surface area (Å²) in [5.74, 6) is 2.67. The Bertz CT molecular complexity index is 803. The van der Waals surface area contributed by atoms with E-state index in [0.717, 1.165) is 28.0 Å². The van der Waals surface area contributed by atoms with E-state index in [1.807, 2.05) is 32.0 Å². The summed E-state index contributed by atoms with van der Waals surface area (Å²) in [7, 11) is 0. The highest BCUT2D eigenvalue weighted by atomic mass is 32.2. The molecule has 0 radical (unpaired) electrons. The first-order valence-electron chi connectivity index (χ1n) is 8.35. The number of carbonyl (C=O) groups is 1. The number of benzene rings is 1. The Hall–Kier alpha value is -2.22. The summed E-state index contributed by atoms with van der Waals surface area (Å²) in [5, 5.41) is 12.2. The number of aryl methyl sites for hydroxylation is 1. The van der Waals surface area contributed by atoms with Gasteiger partial charge >= 0.3 is 0 Å². The fourth-order valence-electron chi connectivity index (χ4n) is 2.88. The van der Waals surface area contributed by atoms with Gasteiger partial charge in [0.1, 0.15) is 5.82 Å². The molecule has 0 bridgehead atoms. The third-order valence-electron chi connectivity index (χ3n) is 4.35. The van der Waals surface area contributed by atoms with Gasteiger partial charge in [-0.2, -0.15) is 0 Å². The second-order valence-corrected chi connectivity index (χ2v) is 7.26. The normalized spacial score (nSPS) is 16.7. The molecular weight excluding hydrogens is 340 g/mol. The zero-order valence-corrected chi connectivity index (χ0v) is 15.0. The third-order valence-corrected chi connectivity index (χ3v) is 5.30. The second-order valence-electron chi connectivity index (χ2n) is 6.32. The first-order valence-corrected chi connectivity index (χ1v) is 9.33. The fraction of sp³-hybridized carbons (Fsp3) is 0.471. The molecule has 7 nitrogen and oxygen atoms in total. The zero-order valence-electron chi connectivity index (χ0n) is 14.2. The molecule has 1 amide bonds. The van der Waals surface area contributed by atoms with Gasteiger partial charge in [-0.05, 0) is 44.4 Å². The lowest BCUT2D eigenvalue weighted by molar-refractivity contribution is -0.119. The largest absolute Gasteiger partial charge is 0.454 e. The molecule has 0 saturated heterocycles. The second kappa shape index (κ2) is 6.59. The molecule has 132 valence electrons. The van der Waals surface area contributed by atoms with Crippen molar-refractivity contribution in [2.45, 2.75) is 43.9 Å². The van der Waals surface area contributed by atoms with Crippen molar-refractivity contribution in [2.75, 3.05) is 12.5 Å². The van der Waals surface area contributed by atoms with E-state index in [9.17, 15) is 4.79 Å². The lowest BCUT2D eigenvalue weighted by Gasteiger charge is -2.15. The van der Waals surface area contributed by atoms with Crippen molar-refractivity contribution in [3.05, 3.63) is 29.6 Å². The van der Waals surface area contributed by atoms with Crippen LogP contribution in [-0.4, -0.2) is 33.2 Å². The van der Waals surface area contributed by atoms with Crippen molar-refractivity contribution < 1.29 is 14.3 Å². The van der Waals surface area contributed by atoms with Crippen molar-refractivity contribution in [1.29, 1.82) is 0 Å². The van der Waals surface area contributed by atoms with Crippen molar-refractivity contribution in [1.82, 2.24) is 20.1 Å². The molecule has 2 aliphatic rings. The van der Waals surface area contributed by atoms with Crippen LogP contribution in [-0.2, 0) is 4.79 Å². The molecule has 1 aliphatic heterocycles. The van der Waals surface area contributed by atoms with Crippen LogP contribution in [0, 0.1) is 6.92 Å². The standard InChI is InChI=1S/C17H20N4O3S/c1-10(12-3-6-14-15(7-12)24-9-23-14)18-16(22)8-25-17-20-19-11(2)21(17)13-4-5-13/h3,6-7,10,13H,4-5,8-9H2,1-2H3,(H,18,22). The van der Waals surface area contributed by atoms with Gasteiger partial charge in [-0.1, -0.05) is 17.8 Å². The minimum atomic E-state index is -0.106. The molecule has 1 aromatic carbocycles. The number of ether oxygens (including phenoxy) is 2. The van der Waals surface area contributed by atoms with Crippen LogP contribution in [0.5, 0.6) is 11.5 Å².